The molecule has 0 spiro atoms. The zero-order valence-corrected chi connectivity index (χ0v) is 19.2. The number of anilines is 1. The van der Waals surface area contributed by atoms with E-state index in [0.717, 1.165) is 20.3 Å². The first-order valence-electron chi connectivity index (χ1n) is 9.78. The van der Waals surface area contributed by atoms with Crippen molar-refractivity contribution in [3.05, 3.63) is 93.7 Å². The zero-order chi connectivity index (χ0) is 22.4. The van der Waals surface area contributed by atoms with Gasteiger partial charge in [0.05, 0.1) is 21.8 Å². The first kappa shape index (κ1) is 20.5. The number of thiazole rings is 1. The van der Waals surface area contributed by atoms with E-state index in [4.69, 9.17) is 0 Å². The fourth-order valence-electron chi connectivity index (χ4n) is 3.80. The number of fused-ring (bicyclic) bond motifs is 1. The highest BCUT2D eigenvalue weighted by molar-refractivity contribution is 9.10. The molecule has 2 aromatic heterocycles. The van der Waals surface area contributed by atoms with Crippen molar-refractivity contribution in [2.24, 2.45) is 0 Å². The van der Waals surface area contributed by atoms with Gasteiger partial charge in [-0.3, -0.25) is 19.5 Å². The predicted molar refractivity (Wildman–Crippen MR) is 128 cm³/mol. The van der Waals surface area contributed by atoms with Crippen molar-refractivity contribution in [2.75, 3.05) is 4.90 Å². The van der Waals surface area contributed by atoms with Gasteiger partial charge < -0.3 is 5.11 Å². The number of hydrogen-bond acceptors (Lipinski definition) is 6. The highest BCUT2D eigenvalue weighted by Gasteiger charge is 2.48. The molecule has 1 saturated heterocycles. The Kier molecular flexibility index (Phi) is 5.11. The summed E-state index contributed by atoms with van der Waals surface area (Å²) in [7, 11) is 0. The van der Waals surface area contributed by atoms with Gasteiger partial charge in [-0.15, -0.1) is 0 Å². The van der Waals surface area contributed by atoms with Crippen LogP contribution < -0.4 is 4.90 Å². The van der Waals surface area contributed by atoms with Gasteiger partial charge in [-0.25, -0.2) is 4.98 Å². The largest absolute Gasteiger partial charge is 0.507 e. The van der Waals surface area contributed by atoms with Gasteiger partial charge in [0.15, 0.2) is 5.13 Å². The Labute approximate surface area is 196 Å². The topological polar surface area (TPSA) is 83.4 Å². The predicted octanol–water partition coefficient (Wildman–Crippen LogP) is 5.39. The number of para-hydroxylation sites is 1. The third-order valence-corrected chi connectivity index (χ3v) is 7.31. The summed E-state index contributed by atoms with van der Waals surface area (Å²) < 4.78 is 1.79. The molecule has 6 nitrogen and oxygen atoms in total. The van der Waals surface area contributed by atoms with Crippen LogP contribution in [-0.2, 0) is 9.59 Å². The first-order chi connectivity index (χ1) is 15.5. The summed E-state index contributed by atoms with van der Waals surface area (Å²) >= 11 is 4.78. The van der Waals surface area contributed by atoms with E-state index in [1.165, 1.54) is 16.2 Å². The number of carbonyl (C=O) groups excluding carboxylic acids is 2. The molecule has 0 bridgehead atoms. The molecule has 1 atom stereocenters. The fourth-order valence-corrected chi connectivity index (χ4v) is 5.04. The van der Waals surface area contributed by atoms with Crippen LogP contribution in [-0.4, -0.2) is 26.8 Å². The molecular formula is C24H16BrN3O3S. The molecule has 4 aromatic rings. The van der Waals surface area contributed by atoms with Crippen molar-refractivity contribution >= 4 is 60.1 Å². The second-order valence-electron chi connectivity index (χ2n) is 7.38. The number of hydrogen-bond donors (Lipinski definition) is 1. The summed E-state index contributed by atoms with van der Waals surface area (Å²) in [6.07, 6.45) is 3.19. The van der Waals surface area contributed by atoms with Crippen molar-refractivity contribution in [1.82, 2.24) is 9.97 Å². The third kappa shape index (κ3) is 3.32. The number of aliphatic hydroxyl groups is 1. The van der Waals surface area contributed by atoms with Gasteiger partial charge >= 0.3 is 5.91 Å². The van der Waals surface area contributed by atoms with Crippen molar-refractivity contribution in [1.29, 1.82) is 0 Å². The summed E-state index contributed by atoms with van der Waals surface area (Å²) in [6, 6.07) is 15.5. The Balaban J connectivity index is 1.73. The Hall–Kier alpha value is -3.36. The van der Waals surface area contributed by atoms with Crippen LogP contribution in [0.25, 0.3) is 16.0 Å². The Morgan fingerprint density at radius 2 is 1.84 bits per heavy atom. The molecule has 8 heteroatoms. The summed E-state index contributed by atoms with van der Waals surface area (Å²) in [5, 5.41) is 11.6. The van der Waals surface area contributed by atoms with Gasteiger partial charge in [-0.1, -0.05) is 45.5 Å². The van der Waals surface area contributed by atoms with E-state index >= 15 is 0 Å². The number of nitrogens with zero attached hydrogens (tertiary/aromatic N) is 3. The summed E-state index contributed by atoms with van der Waals surface area (Å²) in [6.45, 7) is 1.89. The molecule has 5 rings (SSSR count). The van der Waals surface area contributed by atoms with E-state index in [2.05, 4.69) is 25.9 Å². The number of aromatic nitrogens is 2. The number of rotatable bonds is 3. The van der Waals surface area contributed by atoms with Gasteiger partial charge in [0.1, 0.15) is 5.76 Å². The smallest absolute Gasteiger partial charge is 0.301 e. The summed E-state index contributed by atoms with van der Waals surface area (Å²) in [5.41, 5.74) is 2.80. The molecule has 1 aliphatic rings. The average Bonchev–Trinajstić information content (AvgIpc) is 3.34. The molecule has 3 heterocycles. The van der Waals surface area contributed by atoms with Crippen molar-refractivity contribution < 1.29 is 14.7 Å². The lowest BCUT2D eigenvalue weighted by Crippen LogP contribution is -2.29. The highest BCUT2D eigenvalue weighted by atomic mass is 79.9. The second-order valence-corrected chi connectivity index (χ2v) is 9.24. The van der Waals surface area contributed by atoms with Crippen LogP contribution in [0.15, 0.2) is 77.0 Å². The molecule has 158 valence electrons. The van der Waals surface area contributed by atoms with Crippen molar-refractivity contribution in [3.8, 4) is 0 Å². The number of benzene rings is 2. The second kappa shape index (κ2) is 7.96. The molecule has 0 radical (unpaired) electrons. The normalized spacial score (nSPS) is 17.9. The van der Waals surface area contributed by atoms with E-state index in [1.54, 1.807) is 42.7 Å². The minimum Gasteiger partial charge on any atom is -0.507 e. The third-order valence-electron chi connectivity index (χ3n) is 5.39. The first-order valence-corrected chi connectivity index (χ1v) is 11.4. The van der Waals surface area contributed by atoms with Crippen LogP contribution in [0.5, 0.6) is 0 Å². The van der Waals surface area contributed by atoms with Crippen LogP contribution in [0, 0.1) is 6.92 Å². The van der Waals surface area contributed by atoms with E-state index in [0.29, 0.717) is 16.3 Å². The number of aliphatic hydroxyl groups excluding tert-OH is 1. The summed E-state index contributed by atoms with van der Waals surface area (Å²) in [4.78, 5) is 36.4. The van der Waals surface area contributed by atoms with Crippen LogP contribution in [0.1, 0.15) is 22.7 Å². The maximum atomic E-state index is 13.2. The quantitative estimate of drug-likeness (QED) is 0.229. The van der Waals surface area contributed by atoms with E-state index in [1.807, 2.05) is 31.2 Å². The van der Waals surface area contributed by atoms with Crippen LogP contribution in [0.2, 0.25) is 0 Å². The molecule has 1 aliphatic heterocycles. The number of halogens is 1. The Bertz CT molecular complexity index is 1380. The monoisotopic (exact) mass is 505 g/mol. The minimum atomic E-state index is -0.817. The Morgan fingerprint density at radius 3 is 2.56 bits per heavy atom. The van der Waals surface area contributed by atoms with E-state index < -0.39 is 17.7 Å². The molecule has 1 N–H and O–H groups in total. The molecular weight excluding hydrogens is 490 g/mol. The van der Waals surface area contributed by atoms with Crippen LogP contribution in [0.3, 0.4) is 0 Å². The summed E-state index contributed by atoms with van der Waals surface area (Å²) in [5.74, 6) is -1.69. The SMILES string of the molecule is Cc1cc(/C(O)=C2\C(=O)C(=O)N(c3nc4ccccc4s3)C2c2ccncc2)ccc1Br. The highest BCUT2D eigenvalue weighted by Crippen LogP contribution is 2.44. The fraction of sp³-hybridized carbons (Fsp3) is 0.0833. The van der Waals surface area contributed by atoms with E-state index in [9.17, 15) is 14.7 Å². The van der Waals surface area contributed by atoms with E-state index in [-0.39, 0.29) is 11.3 Å². The molecule has 1 fully saturated rings. The van der Waals surface area contributed by atoms with Gasteiger partial charge in [0.2, 0.25) is 0 Å². The van der Waals surface area contributed by atoms with Gasteiger partial charge in [-0.2, -0.15) is 0 Å². The number of amides is 1. The Morgan fingerprint density at radius 1 is 1.09 bits per heavy atom. The maximum Gasteiger partial charge on any atom is 0.301 e. The number of carbonyl (C=O) groups is 2. The maximum absolute atomic E-state index is 13.2. The number of pyridine rings is 1. The van der Waals surface area contributed by atoms with Gasteiger partial charge in [0.25, 0.3) is 5.78 Å². The number of aryl methyl sites for hydroxylation is 1. The van der Waals surface area contributed by atoms with Crippen LogP contribution >= 0.6 is 27.3 Å². The number of Topliss-reactive ketones (excluding diaryl/α,β-unsaturated/α-hetero) is 1. The zero-order valence-electron chi connectivity index (χ0n) is 16.8. The van der Waals surface area contributed by atoms with Crippen LogP contribution in [0.4, 0.5) is 5.13 Å². The van der Waals surface area contributed by atoms with Crippen molar-refractivity contribution in [3.63, 3.8) is 0 Å². The standard InChI is InChI=1S/C24H16BrN3O3S/c1-13-12-15(6-7-16(13)25)21(29)19-20(14-8-10-26-11-9-14)28(23(31)22(19)30)24-27-17-4-2-3-5-18(17)32-24/h2-12,20,29H,1H3/b21-19+. The molecule has 0 saturated carbocycles. The lowest BCUT2D eigenvalue weighted by atomic mass is 9.95. The molecule has 2 aromatic carbocycles. The molecule has 1 amide bonds. The molecule has 1 unspecified atom stereocenters. The minimum absolute atomic E-state index is 0.0298. The molecule has 32 heavy (non-hydrogen) atoms. The number of ketones is 1. The molecule has 0 aliphatic carbocycles. The van der Waals surface area contributed by atoms with Gasteiger partial charge in [0, 0.05) is 22.4 Å². The van der Waals surface area contributed by atoms with Gasteiger partial charge in [-0.05, 0) is 54.4 Å². The lowest BCUT2D eigenvalue weighted by Gasteiger charge is -2.22. The average molecular weight is 506 g/mol. The lowest BCUT2D eigenvalue weighted by molar-refractivity contribution is -0.132. The van der Waals surface area contributed by atoms with Crippen molar-refractivity contribution in [2.45, 2.75) is 13.0 Å².